The second-order valence-corrected chi connectivity index (χ2v) is 4.33. The Hall–Kier alpha value is -1.71. The third-order valence-electron chi connectivity index (χ3n) is 2.34. The maximum absolute atomic E-state index is 10.6. The molecule has 2 aromatic rings. The van der Waals surface area contributed by atoms with Gasteiger partial charge in [0.25, 0.3) is 0 Å². The third kappa shape index (κ3) is 9.77. The first-order valence-electron chi connectivity index (χ1n) is 6.38. The van der Waals surface area contributed by atoms with Crippen LogP contribution in [-0.4, -0.2) is 23.1 Å². The Morgan fingerprint density at radius 1 is 0.667 bits per heavy atom. The molecule has 0 saturated carbocycles. The number of hydrogen-bond donors (Lipinski definition) is 0. The second-order valence-electron chi connectivity index (χ2n) is 4.33. The first-order chi connectivity index (χ1) is 9.58. The van der Waals surface area contributed by atoms with Crippen LogP contribution in [0.2, 0.25) is 0 Å². The predicted molar refractivity (Wildman–Crippen MR) is 85.9 cm³/mol. The van der Waals surface area contributed by atoms with E-state index in [1.165, 1.54) is 0 Å². The Labute approximate surface area is 142 Å². The summed E-state index contributed by atoms with van der Waals surface area (Å²) in [6.45, 7) is 3.10. The van der Waals surface area contributed by atoms with Gasteiger partial charge in [0.05, 0.1) is 0 Å². The summed E-state index contributed by atoms with van der Waals surface area (Å²) in [5.41, 5.74) is 1.94. The standard InChI is InChI=1S/2C9H10O.Mg/c2*1-8(10)7-9-5-3-2-4-6-9;/h2*2-7,10H,1H3;/q;;+2/p-2/b2*8-7+;. The summed E-state index contributed by atoms with van der Waals surface area (Å²) < 4.78 is 0. The van der Waals surface area contributed by atoms with Gasteiger partial charge in [-0.15, -0.1) is 11.5 Å². The fourth-order valence-electron chi connectivity index (χ4n) is 1.57. The smallest absolute Gasteiger partial charge is 0.876 e. The molecule has 0 aliphatic heterocycles. The van der Waals surface area contributed by atoms with Gasteiger partial charge in [-0.1, -0.05) is 86.7 Å². The fraction of sp³-hybridized carbons (Fsp3) is 0.111. The Balaban J connectivity index is 0.000000364. The van der Waals surface area contributed by atoms with Gasteiger partial charge >= 0.3 is 23.1 Å². The third-order valence-corrected chi connectivity index (χ3v) is 2.34. The quantitative estimate of drug-likeness (QED) is 0.630. The molecule has 2 nitrogen and oxygen atoms in total. The fourth-order valence-corrected chi connectivity index (χ4v) is 1.57. The molecule has 3 heteroatoms. The van der Waals surface area contributed by atoms with E-state index in [0.717, 1.165) is 11.1 Å². The number of hydrogen-bond acceptors (Lipinski definition) is 2. The molecule has 0 aromatic heterocycles. The van der Waals surface area contributed by atoms with Crippen LogP contribution in [0.15, 0.2) is 72.2 Å². The molecule has 0 spiro atoms. The summed E-state index contributed by atoms with van der Waals surface area (Å²) in [5, 5.41) is 21.1. The molecule has 0 saturated heterocycles. The molecule has 21 heavy (non-hydrogen) atoms. The average Bonchev–Trinajstić information content (AvgIpc) is 2.40. The van der Waals surface area contributed by atoms with Gasteiger partial charge in [0.1, 0.15) is 0 Å². The van der Waals surface area contributed by atoms with Crippen molar-refractivity contribution in [1.29, 1.82) is 0 Å². The van der Waals surface area contributed by atoms with E-state index in [9.17, 15) is 10.2 Å². The molecular formula is C18H18MgO2. The monoisotopic (exact) mass is 290 g/mol. The minimum Gasteiger partial charge on any atom is -0.876 e. The van der Waals surface area contributed by atoms with E-state index in [1.807, 2.05) is 60.7 Å². The molecule has 104 valence electrons. The summed E-state index contributed by atoms with van der Waals surface area (Å²) >= 11 is 0. The SMILES string of the molecule is C/C([O-])=C\c1ccccc1.C/C([O-])=C\c1ccccc1.[Mg+2]. The maximum Gasteiger partial charge on any atom is 2.00 e. The van der Waals surface area contributed by atoms with E-state index in [4.69, 9.17) is 0 Å². The van der Waals surface area contributed by atoms with Gasteiger partial charge < -0.3 is 10.2 Å². The van der Waals surface area contributed by atoms with Crippen molar-refractivity contribution in [3.63, 3.8) is 0 Å². The molecule has 0 bridgehead atoms. The summed E-state index contributed by atoms with van der Waals surface area (Å²) in [6, 6.07) is 19.1. The molecular weight excluding hydrogens is 273 g/mol. The molecule has 0 amide bonds. The Kier molecular flexibility index (Phi) is 10.1. The molecule has 0 aliphatic rings. The number of rotatable bonds is 2. The van der Waals surface area contributed by atoms with Gasteiger partial charge in [0.15, 0.2) is 0 Å². The zero-order chi connectivity index (χ0) is 14.8. The van der Waals surface area contributed by atoms with Crippen LogP contribution in [0.4, 0.5) is 0 Å². The summed E-state index contributed by atoms with van der Waals surface area (Å²) in [7, 11) is 0. The normalized spacial score (nSPS) is 11.0. The minimum absolute atomic E-state index is 0. The summed E-state index contributed by atoms with van der Waals surface area (Å²) in [5.74, 6) is 0.178. The van der Waals surface area contributed by atoms with Gasteiger partial charge in [0.2, 0.25) is 0 Å². The number of allylic oxidation sites excluding steroid dienone is 2. The molecule has 0 radical (unpaired) electrons. The second kappa shape index (κ2) is 11.0. The van der Waals surface area contributed by atoms with Crippen molar-refractivity contribution in [3.05, 3.63) is 83.3 Å². The first-order valence-corrected chi connectivity index (χ1v) is 6.38. The van der Waals surface area contributed by atoms with Gasteiger partial charge in [-0.2, -0.15) is 0 Å². The van der Waals surface area contributed by atoms with Crippen molar-refractivity contribution < 1.29 is 10.2 Å². The van der Waals surface area contributed by atoms with Crippen molar-refractivity contribution >= 4 is 35.2 Å². The molecule has 0 fully saturated rings. The van der Waals surface area contributed by atoms with E-state index < -0.39 is 0 Å². The molecule has 2 aromatic carbocycles. The van der Waals surface area contributed by atoms with Crippen LogP contribution in [-0.2, 0) is 0 Å². The Morgan fingerprint density at radius 3 is 1.19 bits per heavy atom. The van der Waals surface area contributed by atoms with Crippen LogP contribution >= 0.6 is 0 Å². The summed E-state index contributed by atoms with van der Waals surface area (Å²) in [4.78, 5) is 0. The van der Waals surface area contributed by atoms with Crippen molar-refractivity contribution in [2.75, 3.05) is 0 Å². The minimum atomic E-state index is 0. The van der Waals surface area contributed by atoms with Crippen LogP contribution in [0, 0.1) is 0 Å². The van der Waals surface area contributed by atoms with Crippen LogP contribution < -0.4 is 10.2 Å². The van der Waals surface area contributed by atoms with Crippen molar-refractivity contribution in [2.24, 2.45) is 0 Å². The van der Waals surface area contributed by atoms with E-state index in [2.05, 4.69) is 0 Å². The average molecular weight is 291 g/mol. The molecule has 0 N–H and O–H groups in total. The van der Waals surface area contributed by atoms with Gasteiger partial charge in [-0.05, 0) is 11.1 Å². The van der Waals surface area contributed by atoms with Crippen LogP contribution in [0.1, 0.15) is 25.0 Å². The predicted octanol–water partition coefficient (Wildman–Crippen LogP) is 2.43. The molecule has 0 aliphatic carbocycles. The zero-order valence-electron chi connectivity index (χ0n) is 12.5. The van der Waals surface area contributed by atoms with E-state index in [0.29, 0.717) is 0 Å². The summed E-state index contributed by atoms with van der Waals surface area (Å²) in [6.07, 6.45) is 3.22. The van der Waals surface area contributed by atoms with Gasteiger partial charge in [-0.3, -0.25) is 0 Å². The van der Waals surface area contributed by atoms with Crippen molar-refractivity contribution in [3.8, 4) is 0 Å². The molecule has 0 unspecified atom stereocenters. The molecule has 0 heterocycles. The van der Waals surface area contributed by atoms with Crippen molar-refractivity contribution in [1.82, 2.24) is 0 Å². The molecule has 2 rings (SSSR count). The van der Waals surface area contributed by atoms with Crippen LogP contribution in [0.3, 0.4) is 0 Å². The van der Waals surface area contributed by atoms with E-state index in [-0.39, 0.29) is 34.6 Å². The Morgan fingerprint density at radius 2 is 0.952 bits per heavy atom. The van der Waals surface area contributed by atoms with Gasteiger partial charge in [-0.25, -0.2) is 0 Å². The van der Waals surface area contributed by atoms with Gasteiger partial charge in [0, 0.05) is 0 Å². The molecule has 0 atom stereocenters. The first kappa shape index (κ1) is 19.3. The van der Waals surface area contributed by atoms with E-state index in [1.54, 1.807) is 26.0 Å². The Bertz CT molecular complexity index is 499. The largest absolute Gasteiger partial charge is 2.00 e. The van der Waals surface area contributed by atoms with Crippen LogP contribution in [0.5, 0.6) is 0 Å². The maximum atomic E-state index is 10.6. The zero-order valence-corrected chi connectivity index (χ0v) is 13.9. The van der Waals surface area contributed by atoms with E-state index >= 15 is 0 Å². The topological polar surface area (TPSA) is 46.1 Å². The van der Waals surface area contributed by atoms with Crippen molar-refractivity contribution in [2.45, 2.75) is 13.8 Å². The van der Waals surface area contributed by atoms with Crippen LogP contribution in [0.25, 0.3) is 12.2 Å². The number of benzene rings is 2.